The van der Waals surface area contributed by atoms with E-state index in [2.05, 4.69) is 14.8 Å². The second-order valence-electron chi connectivity index (χ2n) is 4.79. The maximum atomic E-state index is 10.9. The van der Waals surface area contributed by atoms with E-state index < -0.39 is 4.92 Å². The Morgan fingerprint density at radius 1 is 1.40 bits per heavy atom. The minimum Gasteiger partial charge on any atom is -0.358 e. The van der Waals surface area contributed by atoms with E-state index in [0.717, 1.165) is 31.6 Å². The van der Waals surface area contributed by atoms with Crippen molar-refractivity contribution >= 4 is 23.5 Å². The fraction of sp³-hybridized carbons (Fsp3) is 0.545. The normalized spacial score (nSPS) is 20.2. The molecule has 0 aliphatic carbocycles. The lowest BCUT2D eigenvalue weighted by Gasteiger charge is -2.35. The number of hydrogen-bond acceptors (Lipinski definition) is 7. The van der Waals surface area contributed by atoms with Crippen molar-refractivity contribution < 1.29 is 4.92 Å². The first-order valence-electron chi connectivity index (χ1n) is 6.51. The second kappa shape index (κ2) is 5.43. The largest absolute Gasteiger partial charge is 0.358 e. The molecule has 20 heavy (non-hydrogen) atoms. The molecule has 108 valence electrons. The van der Waals surface area contributed by atoms with Crippen molar-refractivity contribution in [3.8, 4) is 0 Å². The number of piperidine rings is 1. The van der Waals surface area contributed by atoms with Crippen molar-refractivity contribution in [2.24, 2.45) is 7.05 Å². The zero-order chi connectivity index (χ0) is 14.1. The fourth-order valence-corrected chi connectivity index (χ4v) is 3.16. The number of nitrogens with zero attached hydrogens (tertiary/aromatic N) is 5. The highest BCUT2D eigenvalue weighted by molar-refractivity contribution is 8.00. The van der Waals surface area contributed by atoms with Crippen LogP contribution in [0.1, 0.15) is 25.1 Å². The maximum absolute atomic E-state index is 10.9. The predicted molar refractivity (Wildman–Crippen MR) is 75.8 cm³/mol. The Labute approximate surface area is 120 Å². The van der Waals surface area contributed by atoms with Gasteiger partial charge in [0.05, 0.1) is 7.05 Å². The van der Waals surface area contributed by atoms with Gasteiger partial charge in [0.1, 0.15) is 11.9 Å². The van der Waals surface area contributed by atoms with Gasteiger partial charge >= 0.3 is 5.82 Å². The zero-order valence-electron chi connectivity index (χ0n) is 11.2. The van der Waals surface area contributed by atoms with Crippen LogP contribution in [0.15, 0.2) is 11.6 Å². The number of nitro groups is 1. The predicted octanol–water partition coefficient (Wildman–Crippen LogP) is 1.50. The molecule has 0 atom stereocenters. The van der Waals surface area contributed by atoms with E-state index >= 15 is 0 Å². The molecule has 1 aromatic heterocycles. The summed E-state index contributed by atoms with van der Waals surface area (Å²) in [6.07, 6.45) is 4.88. The highest BCUT2D eigenvalue weighted by Gasteiger charge is 2.31. The Balaban J connectivity index is 1.87. The standard InChI is InChI=1S/C11H16N6O2S/c1-14-10(17(18)19)7-12-11(14)9-8-20-13-16(9)15-5-3-2-4-6-15/h7-8,13H,2-6H2,1H3. The summed E-state index contributed by atoms with van der Waals surface area (Å²) in [4.78, 5) is 17.9. The van der Waals surface area contributed by atoms with Gasteiger partial charge in [-0.3, -0.25) is 0 Å². The lowest BCUT2D eigenvalue weighted by molar-refractivity contribution is -0.391. The molecule has 0 unspecified atom stereocenters. The summed E-state index contributed by atoms with van der Waals surface area (Å²) < 4.78 is 1.51. The first-order chi connectivity index (χ1) is 9.68. The molecule has 0 saturated carbocycles. The average Bonchev–Trinajstić information content (AvgIpc) is 3.05. The van der Waals surface area contributed by atoms with Gasteiger partial charge in [0.15, 0.2) is 0 Å². The van der Waals surface area contributed by atoms with Crippen molar-refractivity contribution in [1.82, 2.24) is 24.5 Å². The molecule has 8 nitrogen and oxygen atoms in total. The minimum absolute atomic E-state index is 0.00334. The molecular weight excluding hydrogens is 280 g/mol. The van der Waals surface area contributed by atoms with Gasteiger partial charge in [0, 0.05) is 18.5 Å². The summed E-state index contributed by atoms with van der Waals surface area (Å²) in [5, 5.41) is 17.0. The molecule has 0 bridgehead atoms. The van der Waals surface area contributed by atoms with Crippen molar-refractivity contribution in [2.75, 3.05) is 13.1 Å². The van der Waals surface area contributed by atoms with Crippen LogP contribution in [0.5, 0.6) is 0 Å². The monoisotopic (exact) mass is 296 g/mol. The molecule has 1 fully saturated rings. The van der Waals surface area contributed by atoms with Crippen molar-refractivity contribution in [3.63, 3.8) is 0 Å². The quantitative estimate of drug-likeness (QED) is 0.514. The van der Waals surface area contributed by atoms with Crippen molar-refractivity contribution in [2.45, 2.75) is 19.3 Å². The number of aromatic nitrogens is 2. The molecule has 3 heterocycles. The van der Waals surface area contributed by atoms with Crippen LogP contribution in [0.25, 0.3) is 5.70 Å². The summed E-state index contributed by atoms with van der Waals surface area (Å²) in [5.41, 5.74) is 0.854. The average molecular weight is 296 g/mol. The zero-order valence-corrected chi connectivity index (χ0v) is 12.0. The summed E-state index contributed by atoms with van der Waals surface area (Å²) in [6, 6.07) is 0. The van der Waals surface area contributed by atoms with Crippen LogP contribution in [-0.2, 0) is 7.05 Å². The van der Waals surface area contributed by atoms with E-state index in [4.69, 9.17) is 0 Å². The summed E-state index contributed by atoms with van der Waals surface area (Å²) in [5.74, 6) is 0.594. The molecular formula is C11H16N6O2S. The fourth-order valence-electron chi connectivity index (χ4n) is 2.47. The van der Waals surface area contributed by atoms with Gasteiger partial charge in [-0.15, -0.1) is 0 Å². The smallest absolute Gasteiger partial charge is 0.342 e. The number of imidazole rings is 1. The Bertz CT molecular complexity index is 551. The van der Waals surface area contributed by atoms with Crippen LogP contribution in [0.3, 0.4) is 0 Å². The van der Waals surface area contributed by atoms with E-state index in [0.29, 0.717) is 5.82 Å². The van der Waals surface area contributed by atoms with Crippen LogP contribution in [-0.4, -0.2) is 37.7 Å². The first-order valence-corrected chi connectivity index (χ1v) is 7.39. The summed E-state index contributed by atoms with van der Waals surface area (Å²) in [7, 11) is 1.67. The number of hydrogen-bond donors (Lipinski definition) is 1. The Kier molecular flexibility index (Phi) is 3.64. The third-order valence-corrected chi connectivity index (χ3v) is 4.15. The highest BCUT2D eigenvalue weighted by Crippen LogP contribution is 2.30. The Hall–Kier alpha value is -1.58. The SMILES string of the molecule is Cn1c([N+](=O)[O-])cnc1C1=CSNN1N1CCCCC1. The Morgan fingerprint density at radius 3 is 2.80 bits per heavy atom. The van der Waals surface area contributed by atoms with Crippen LogP contribution in [0, 0.1) is 10.1 Å². The molecule has 0 amide bonds. The molecule has 1 saturated heterocycles. The lowest BCUT2D eigenvalue weighted by Crippen LogP contribution is -2.47. The molecule has 1 aromatic rings. The van der Waals surface area contributed by atoms with Crippen LogP contribution in [0.2, 0.25) is 0 Å². The lowest BCUT2D eigenvalue weighted by atomic mass is 10.2. The molecule has 1 N–H and O–H groups in total. The van der Waals surface area contributed by atoms with E-state index in [1.165, 1.54) is 29.1 Å². The third kappa shape index (κ3) is 2.28. The van der Waals surface area contributed by atoms with Gasteiger partial charge in [0.25, 0.3) is 0 Å². The van der Waals surface area contributed by atoms with E-state index in [1.54, 1.807) is 7.05 Å². The van der Waals surface area contributed by atoms with Crippen LogP contribution < -0.4 is 4.83 Å². The van der Waals surface area contributed by atoms with Crippen molar-refractivity contribution in [1.29, 1.82) is 0 Å². The van der Waals surface area contributed by atoms with Gasteiger partial charge in [-0.2, -0.15) is 4.83 Å². The van der Waals surface area contributed by atoms with Gasteiger partial charge in [0.2, 0.25) is 5.82 Å². The maximum Gasteiger partial charge on any atom is 0.342 e. The van der Waals surface area contributed by atoms with Crippen molar-refractivity contribution in [3.05, 3.63) is 27.5 Å². The molecule has 0 radical (unpaired) electrons. The van der Waals surface area contributed by atoms with Gasteiger partial charge in [-0.1, -0.05) is 6.42 Å². The third-order valence-electron chi connectivity index (χ3n) is 3.53. The van der Waals surface area contributed by atoms with Crippen LogP contribution in [0.4, 0.5) is 5.82 Å². The molecule has 0 aromatic carbocycles. The van der Waals surface area contributed by atoms with Gasteiger partial charge in [-0.05, 0) is 29.7 Å². The first kappa shape index (κ1) is 13.4. The molecule has 3 rings (SSSR count). The number of rotatable bonds is 3. The number of hydrazine groups is 2. The summed E-state index contributed by atoms with van der Waals surface area (Å²) >= 11 is 1.45. The van der Waals surface area contributed by atoms with Gasteiger partial charge < -0.3 is 10.1 Å². The van der Waals surface area contributed by atoms with E-state index in [1.807, 2.05) is 10.5 Å². The topological polar surface area (TPSA) is 79.5 Å². The summed E-state index contributed by atoms with van der Waals surface area (Å²) in [6.45, 7) is 1.97. The molecule has 2 aliphatic rings. The molecule has 2 aliphatic heterocycles. The van der Waals surface area contributed by atoms with E-state index in [9.17, 15) is 10.1 Å². The van der Waals surface area contributed by atoms with E-state index in [-0.39, 0.29) is 5.82 Å². The van der Waals surface area contributed by atoms with Gasteiger partial charge in [-0.25, -0.2) is 19.7 Å². The molecule has 0 spiro atoms. The van der Waals surface area contributed by atoms with Crippen LogP contribution >= 0.6 is 11.9 Å². The highest BCUT2D eigenvalue weighted by atomic mass is 32.2. The minimum atomic E-state index is -0.419. The second-order valence-corrected chi connectivity index (χ2v) is 5.45. The molecule has 9 heteroatoms. The Morgan fingerprint density at radius 2 is 2.15 bits per heavy atom. The number of nitrogens with one attached hydrogen (secondary N) is 1.